The van der Waals surface area contributed by atoms with Gasteiger partial charge in [-0.05, 0) is 56.9 Å². The van der Waals surface area contributed by atoms with Crippen LogP contribution in [0.4, 0.5) is 4.79 Å². The molecule has 0 unspecified atom stereocenters. The number of hydrogen-bond donors (Lipinski definition) is 1. The lowest BCUT2D eigenvalue weighted by atomic mass is 9.99. The third-order valence-corrected chi connectivity index (χ3v) is 4.66. The standard InChI is InChI=1S/C20H23BrClNO2/c1-20(2,3)25-19(24)23-15(12-14-8-5-4-6-9-14)13-16-17(21)10-7-11-18(16)22/h4-11,15H,12-13H2,1-3H3,(H,23,24)/t15-/m0/s1. The maximum Gasteiger partial charge on any atom is 0.407 e. The van der Waals surface area contributed by atoms with Gasteiger partial charge in [-0.25, -0.2) is 4.79 Å². The highest BCUT2D eigenvalue weighted by atomic mass is 79.9. The zero-order valence-corrected chi connectivity index (χ0v) is 17.0. The van der Waals surface area contributed by atoms with Crippen molar-refractivity contribution in [3.05, 3.63) is 69.2 Å². The molecule has 3 nitrogen and oxygen atoms in total. The van der Waals surface area contributed by atoms with Crippen LogP contribution in [0.1, 0.15) is 31.9 Å². The molecule has 0 aliphatic carbocycles. The molecule has 0 heterocycles. The van der Waals surface area contributed by atoms with Gasteiger partial charge in [0, 0.05) is 15.5 Å². The van der Waals surface area contributed by atoms with Crippen LogP contribution in [0, 0.1) is 0 Å². The van der Waals surface area contributed by atoms with E-state index < -0.39 is 11.7 Å². The van der Waals surface area contributed by atoms with Crippen molar-refractivity contribution in [2.24, 2.45) is 0 Å². The molecule has 1 N–H and O–H groups in total. The summed E-state index contributed by atoms with van der Waals surface area (Å²) in [7, 11) is 0. The topological polar surface area (TPSA) is 38.3 Å². The van der Waals surface area contributed by atoms with E-state index in [2.05, 4.69) is 21.2 Å². The number of halogens is 2. The van der Waals surface area contributed by atoms with Crippen molar-refractivity contribution in [2.45, 2.75) is 45.3 Å². The molecule has 1 amide bonds. The summed E-state index contributed by atoms with van der Waals surface area (Å²) in [6.45, 7) is 5.55. The second-order valence-corrected chi connectivity index (χ2v) is 8.20. The minimum absolute atomic E-state index is 0.131. The number of ether oxygens (including phenoxy) is 1. The lowest BCUT2D eigenvalue weighted by Gasteiger charge is -2.24. The van der Waals surface area contributed by atoms with Crippen LogP contribution in [0.25, 0.3) is 0 Å². The molecule has 5 heteroatoms. The molecule has 2 aromatic carbocycles. The monoisotopic (exact) mass is 423 g/mol. The second kappa shape index (κ2) is 8.72. The fourth-order valence-electron chi connectivity index (χ4n) is 2.52. The minimum atomic E-state index is -0.535. The van der Waals surface area contributed by atoms with Crippen molar-refractivity contribution in [1.29, 1.82) is 0 Å². The van der Waals surface area contributed by atoms with Gasteiger partial charge in [0.05, 0.1) is 0 Å². The van der Waals surface area contributed by atoms with E-state index in [0.29, 0.717) is 17.9 Å². The van der Waals surface area contributed by atoms with E-state index in [-0.39, 0.29) is 6.04 Å². The Morgan fingerprint density at radius 2 is 1.80 bits per heavy atom. The third kappa shape index (κ3) is 6.71. The molecule has 0 saturated heterocycles. The van der Waals surface area contributed by atoms with Crippen molar-refractivity contribution >= 4 is 33.6 Å². The molecule has 25 heavy (non-hydrogen) atoms. The van der Waals surface area contributed by atoms with Gasteiger partial charge in [0.2, 0.25) is 0 Å². The quantitative estimate of drug-likeness (QED) is 0.660. The Morgan fingerprint density at radius 1 is 1.12 bits per heavy atom. The number of carbonyl (C=O) groups is 1. The first-order valence-corrected chi connectivity index (χ1v) is 9.38. The zero-order chi connectivity index (χ0) is 18.4. The Kier molecular flexibility index (Phi) is 6.91. The van der Waals surface area contributed by atoms with Gasteiger partial charge in [0.15, 0.2) is 0 Å². The summed E-state index contributed by atoms with van der Waals surface area (Å²) < 4.78 is 6.34. The highest BCUT2D eigenvalue weighted by Crippen LogP contribution is 2.26. The van der Waals surface area contributed by atoms with Crippen molar-refractivity contribution in [1.82, 2.24) is 5.32 Å². The van der Waals surface area contributed by atoms with Crippen LogP contribution in [0.2, 0.25) is 5.02 Å². The highest BCUT2D eigenvalue weighted by molar-refractivity contribution is 9.10. The molecule has 2 aromatic rings. The molecule has 0 aliphatic rings. The van der Waals surface area contributed by atoms with E-state index >= 15 is 0 Å². The molecule has 0 aromatic heterocycles. The summed E-state index contributed by atoms with van der Waals surface area (Å²) in [6.07, 6.45) is 0.878. The maximum atomic E-state index is 12.2. The third-order valence-electron chi connectivity index (χ3n) is 3.56. The van der Waals surface area contributed by atoms with Gasteiger partial charge in [-0.2, -0.15) is 0 Å². The van der Waals surface area contributed by atoms with Crippen LogP contribution < -0.4 is 5.32 Å². The van der Waals surface area contributed by atoms with E-state index in [4.69, 9.17) is 16.3 Å². The van der Waals surface area contributed by atoms with E-state index in [1.807, 2.05) is 69.3 Å². The number of alkyl carbamates (subject to hydrolysis) is 1. The lowest BCUT2D eigenvalue weighted by molar-refractivity contribution is 0.0504. The molecular weight excluding hydrogens is 402 g/mol. The van der Waals surface area contributed by atoms with Gasteiger partial charge in [-0.15, -0.1) is 0 Å². The van der Waals surface area contributed by atoms with Crippen LogP contribution in [0.15, 0.2) is 53.0 Å². The Labute approximate surface area is 162 Å². The largest absolute Gasteiger partial charge is 0.444 e. The molecule has 1 atom stereocenters. The summed E-state index contributed by atoms with van der Waals surface area (Å²) in [5, 5.41) is 3.66. The molecule has 0 radical (unpaired) electrons. The van der Waals surface area contributed by atoms with Crippen molar-refractivity contribution in [3.63, 3.8) is 0 Å². The summed E-state index contributed by atoms with van der Waals surface area (Å²) in [6, 6.07) is 15.6. The molecule has 134 valence electrons. The van der Waals surface area contributed by atoms with E-state index in [1.165, 1.54) is 0 Å². The normalized spacial score (nSPS) is 12.5. The molecule has 2 rings (SSSR count). The van der Waals surface area contributed by atoms with Crippen molar-refractivity contribution < 1.29 is 9.53 Å². The molecule has 0 fully saturated rings. The van der Waals surface area contributed by atoms with E-state index in [9.17, 15) is 4.79 Å². The highest BCUT2D eigenvalue weighted by Gasteiger charge is 2.21. The Balaban J connectivity index is 2.18. The first-order valence-electron chi connectivity index (χ1n) is 8.21. The van der Waals surface area contributed by atoms with E-state index in [0.717, 1.165) is 15.6 Å². The zero-order valence-electron chi connectivity index (χ0n) is 14.7. The molecule has 0 spiro atoms. The molecule has 0 saturated carbocycles. The fourth-order valence-corrected chi connectivity index (χ4v) is 3.41. The van der Waals surface area contributed by atoms with Gasteiger partial charge < -0.3 is 10.1 Å². The number of rotatable bonds is 5. The summed E-state index contributed by atoms with van der Waals surface area (Å²) in [5.41, 5.74) is 1.58. The number of hydrogen-bond acceptors (Lipinski definition) is 2. The SMILES string of the molecule is CC(C)(C)OC(=O)N[C@@H](Cc1ccccc1)Cc1c(Cl)cccc1Br. The van der Waals surface area contributed by atoms with Crippen LogP contribution in [0.5, 0.6) is 0 Å². The number of nitrogens with one attached hydrogen (secondary N) is 1. The number of benzene rings is 2. The van der Waals surface area contributed by atoms with Gasteiger partial charge in [-0.1, -0.05) is 63.9 Å². The Morgan fingerprint density at radius 3 is 2.40 bits per heavy atom. The first kappa shape index (κ1) is 19.8. The summed E-state index contributed by atoms with van der Waals surface area (Å²) in [4.78, 5) is 12.2. The van der Waals surface area contributed by atoms with Crippen LogP contribution >= 0.6 is 27.5 Å². The first-order chi connectivity index (χ1) is 11.7. The predicted octanol–water partition coefficient (Wildman–Crippen LogP) is 5.78. The average molecular weight is 425 g/mol. The molecular formula is C20H23BrClNO2. The molecule has 0 bridgehead atoms. The van der Waals surface area contributed by atoms with Crippen LogP contribution in [-0.4, -0.2) is 17.7 Å². The predicted molar refractivity (Wildman–Crippen MR) is 106 cm³/mol. The van der Waals surface area contributed by atoms with Crippen LogP contribution in [0.3, 0.4) is 0 Å². The fraction of sp³-hybridized carbons (Fsp3) is 0.350. The van der Waals surface area contributed by atoms with Gasteiger partial charge in [0.1, 0.15) is 5.60 Å². The second-order valence-electron chi connectivity index (χ2n) is 6.94. The maximum absolute atomic E-state index is 12.2. The smallest absolute Gasteiger partial charge is 0.407 e. The average Bonchev–Trinajstić information content (AvgIpc) is 2.50. The van der Waals surface area contributed by atoms with Gasteiger partial charge >= 0.3 is 6.09 Å². The van der Waals surface area contributed by atoms with Gasteiger partial charge in [-0.3, -0.25) is 0 Å². The molecule has 0 aliphatic heterocycles. The van der Waals surface area contributed by atoms with Gasteiger partial charge in [0.25, 0.3) is 0 Å². The number of carbonyl (C=O) groups excluding carboxylic acids is 1. The van der Waals surface area contributed by atoms with Crippen molar-refractivity contribution in [2.75, 3.05) is 0 Å². The Bertz CT molecular complexity index is 693. The summed E-state index contributed by atoms with van der Waals surface area (Å²) >= 11 is 9.89. The number of amides is 1. The Hall–Kier alpha value is -1.52. The lowest BCUT2D eigenvalue weighted by Crippen LogP contribution is -2.41. The summed E-state index contributed by atoms with van der Waals surface area (Å²) in [5.74, 6) is 0. The minimum Gasteiger partial charge on any atom is -0.444 e. The van der Waals surface area contributed by atoms with Crippen LogP contribution in [-0.2, 0) is 17.6 Å². The van der Waals surface area contributed by atoms with Crippen molar-refractivity contribution in [3.8, 4) is 0 Å². The van der Waals surface area contributed by atoms with E-state index in [1.54, 1.807) is 0 Å².